The Bertz CT molecular complexity index is 421. The van der Waals surface area contributed by atoms with Gasteiger partial charge in [0.2, 0.25) is 0 Å². The molecule has 1 rings (SSSR count). The Morgan fingerprint density at radius 3 is 2.30 bits per heavy atom. The van der Waals surface area contributed by atoms with E-state index in [1.54, 1.807) is 12.1 Å². The van der Waals surface area contributed by atoms with Crippen molar-refractivity contribution in [3.8, 4) is 0 Å². The van der Waals surface area contributed by atoms with E-state index in [1.165, 1.54) is 6.07 Å². The van der Waals surface area contributed by atoms with Crippen molar-refractivity contribution in [2.24, 2.45) is 17.3 Å². The fourth-order valence-electron chi connectivity index (χ4n) is 2.20. The minimum atomic E-state index is -0.759. The Morgan fingerprint density at radius 2 is 1.75 bits per heavy atom. The van der Waals surface area contributed by atoms with Crippen molar-refractivity contribution in [3.63, 3.8) is 0 Å². The third-order valence-corrected chi connectivity index (χ3v) is 3.67. The summed E-state index contributed by atoms with van der Waals surface area (Å²) in [6.07, 6.45) is 0.554. The van der Waals surface area contributed by atoms with Gasteiger partial charge >= 0.3 is 0 Å². The molecule has 1 nitrogen and oxygen atoms in total. The van der Waals surface area contributed by atoms with Crippen LogP contribution in [0.4, 0.5) is 8.78 Å². The second-order valence-corrected chi connectivity index (χ2v) is 7.03. The summed E-state index contributed by atoms with van der Waals surface area (Å²) < 4.78 is 27.1. The van der Waals surface area contributed by atoms with Gasteiger partial charge in [0.25, 0.3) is 0 Å². The molecular formula is C17H27F2N. The van der Waals surface area contributed by atoms with Crippen molar-refractivity contribution in [1.29, 1.82) is 0 Å². The lowest BCUT2D eigenvalue weighted by atomic mass is 9.77. The van der Waals surface area contributed by atoms with Crippen molar-refractivity contribution in [3.05, 3.63) is 35.4 Å². The Balaban J connectivity index is 2.77. The van der Waals surface area contributed by atoms with Crippen molar-refractivity contribution in [1.82, 2.24) is 5.32 Å². The molecule has 0 heterocycles. The molecule has 1 unspecified atom stereocenters. The predicted octanol–water partition coefficient (Wildman–Crippen LogP) is 4.42. The van der Waals surface area contributed by atoms with Crippen LogP contribution in [0.1, 0.15) is 40.2 Å². The zero-order chi connectivity index (χ0) is 15.3. The van der Waals surface area contributed by atoms with E-state index in [0.717, 1.165) is 13.1 Å². The first kappa shape index (κ1) is 17.1. The van der Waals surface area contributed by atoms with Crippen LogP contribution in [0.25, 0.3) is 0 Å². The maximum atomic E-state index is 13.8. The van der Waals surface area contributed by atoms with Crippen LogP contribution in [0.5, 0.6) is 0 Å². The maximum Gasteiger partial charge on any atom is 0.162 e. The number of halogens is 2. The van der Waals surface area contributed by atoms with Crippen LogP contribution in [-0.2, 0) is 6.42 Å². The summed E-state index contributed by atoms with van der Waals surface area (Å²) >= 11 is 0. The summed E-state index contributed by atoms with van der Waals surface area (Å²) in [7, 11) is 0. The SMILES string of the molecule is CC(C)CNCC(Cc1cccc(F)c1F)C(C)(C)C. The highest BCUT2D eigenvalue weighted by molar-refractivity contribution is 5.20. The minimum Gasteiger partial charge on any atom is -0.316 e. The second kappa shape index (κ2) is 7.16. The Labute approximate surface area is 121 Å². The molecule has 0 spiro atoms. The maximum absolute atomic E-state index is 13.8. The van der Waals surface area contributed by atoms with Gasteiger partial charge in [-0.15, -0.1) is 0 Å². The van der Waals surface area contributed by atoms with Gasteiger partial charge in [0.05, 0.1) is 0 Å². The minimum absolute atomic E-state index is 0.0444. The van der Waals surface area contributed by atoms with Gasteiger partial charge in [-0.05, 0) is 48.4 Å². The van der Waals surface area contributed by atoms with Crippen LogP contribution in [-0.4, -0.2) is 13.1 Å². The van der Waals surface area contributed by atoms with E-state index >= 15 is 0 Å². The molecule has 0 aliphatic heterocycles. The smallest absolute Gasteiger partial charge is 0.162 e. The van der Waals surface area contributed by atoms with E-state index in [1.807, 2.05) is 0 Å². The van der Waals surface area contributed by atoms with E-state index < -0.39 is 11.6 Å². The zero-order valence-electron chi connectivity index (χ0n) is 13.3. The molecule has 0 aliphatic rings. The Hall–Kier alpha value is -0.960. The van der Waals surface area contributed by atoms with E-state index in [-0.39, 0.29) is 11.3 Å². The molecule has 1 aromatic rings. The van der Waals surface area contributed by atoms with Crippen molar-refractivity contribution < 1.29 is 8.78 Å². The second-order valence-electron chi connectivity index (χ2n) is 7.03. The zero-order valence-corrected chi connectivity index (χ0v) is 13.3. The summed E-state index contributed by atoms with van der Waals surface area (Å²) in [5, 5.41) is 3.43. The van der Waals surface area contributed by atoms with Crippen LogP contribution < -0.4 is 5.32 Å². The quantitative estimate of drug-likeness (QED) is 0.815. The highest BCUT2D eigenvalue weighted by Crippen LogP contribution is 2.29. The normalized spacial score (nSPS) is 13.8. The lowest BCUT2D eigenvalue weighted by Crippen LogP contribution is -2.35. The van der Waals surface area contributed by atoms with E-state index in [9.17, 15) is 8.78 Å². The molecule has 0 aliphatic carbocycles. The lowest BCUT2D eigenvalue weighted by molar-refractivity contribution is 0.226. The molecule has 20 heavy (non-hydrogen) atoms. The van der Waals surface area contributed by atoms with E-state index in [2.05, 4.69) is 39.9 Å². The van der Waals surface area contributed by atoms with Gasteiger partial charge in [0, 0.05) is 0 Å². The first-order valence-corrected chi connectivity index (χ1v) is 7.35. The first-order chi connectivity index (χ1) is 9.21. The number of hydrogen-bond acceptors (Lipinski definition) is 1. The average Bonchev–Trinajstić information content (AvgIpc) is 2.31. The number of hydrogen-bond donors (Lipinski definition) is 1. The molecule has 0 aromatic heterocycles. The summed E-state index contributed by atoms with van der Waals surface area (Å²) in [4.78, 5) is 0. The summed E-state index contributed by atoms with van der Waals surface area (Å²) in [5.41, 5.74) is 0.513. The number of rotatable bonds is 6. The van der Waals surface area contributed by atoms with Gasteiger partial charge in [0.1, 0.15) is 0 Å². The van der Waals surface area contributed by atoms with Gasteiger partial charge in [-0.2, -0.15) is 0 Å². The Kier molecular flexibility index (Phi) is 6.12. The predicted molar refractivity (Wildman–Crippen MR) is 80.7 cm³/mol. The van der Waals surface area contributed by atoms with Crippen LogP contribution in [0.3, 0.4) is 0 Å². The Morgan fingerprint density at radius 1 is 1.10 bits per heavy atom. The first-order valence-electron chi connectivity index (χ1n) is 7.35. The van der Waals surface area contributed by atoms with E-state index in [0.29, 0.717) is 17.9 Å². The average molecular weight is 283 g/mol. The molecule has 0 saturated heterocycles. The molecule has 1 N–H and O–H groups in total. The van der Waals surface area contributed by atoms with E-state index in [4.69, 9.17) is 0 Å². The molecule has 1 atom stereocenters. The van der Waals surface area contributed by atoms with Gasteiger partial charge in [-0.1, -0.05) is 46.8 Å². The van der Waals surface area contributed by atoms with Crippen LogP contribution in [0.15, 0.2) is 18.2 Å². The van der Waals surface area contributed by atoms with Gasteiger partial charge in [-0.25, -0.2) is 8.78 Å². The molecular weight excluding hydrogens is 256 g/mol. The highest BCUT2D eigenvalue weighted by Gasteiger charge is 2.26. The standard InChI is InChI=1S/C17H27F2N/c1-12(2)10-20-11-14(17(3,4)5)9-13-7-6-8-15(18)16(13)19/h6-8,12,14,20H,9-11H2,1-5H3. The van der Waals surface area contributed by atoms with Crippen molar-refractivity contribution >= 4 is 0 Å². The molecule has 0 fully saturated rings. The molecule has 1 aromatic carbocycles. The van der Waals surface area contributed by atoms with Crippen LogP contribution in [0, 0.1) is 28.9 Å². The third kappa shape index (κ3) is 5.20. The fourth-order valence-corrected chi connectivity index (χ4v) is 2.20. The van der Waals surface area contributed by atoms with Crippen molar-refractivity contribution in [2.75, 3.05) is 13.1 Å². The van der Waals surface area contributed by atoms with Gasteiger partial charge in [0.15, 0.2) is 11.6 Å². The van der Waals surface area contributed by atoms with Crippen LogP contribution in [0.2, 0.25) is 0 Å². The molecule has 3 heteroatoms. The molecule has 0 radical (unpaired) electrons. The molecule has 114 valence electrons. The largest absolute Gasteiger partial charge is 0.316 e. The number of nitrogens with one attached hydrogen (secondary N) is 1. The van der Waals surface area contributed by atoms with Gasteiger partial charge < -0.3 is 5.32 Å². The summed E-state index contributed by atoms with van der Waals surface area (Å²) in [6.45, 7) is 12.5. The fraction of sp³-hybridized carbons (Fsp3) is 0.647. The molecule has 0 saturated carbocycles. The van der Waals surface area contributed by atoms with Crippen molar-refractivity contribution in [2.45, 2.75) is 41.0 Å². The number of benzene rings is 1. The lowest BCUT2D eigenvalue weighted by Gasteiger charge is -2.31. The van der Waals surface area contributed by atoms with Crippen LogP contribution >= 0.6 is 0 Å². The third-order valence-electron chi connectivity index (χ3n) is 3.67. The topological polar surface area (TPSA) is 12.0 Å². The summed E-state index contributed by atoms with van der Waals surface area (Å²) in [5.74, 6) is -0.616. The summed E-state index contributed by atoms with van der Waals surface area (Å²) in [6, 6.07) is 4.43. The van der Waals surface area contributed by atoms with Gasteiger partial charge in [-0.3, -0.25) is 0 Å². The highest BCUT2D eigenvalue weighted by atomic mass is 19.2. The molecule has 0 bridgehead atoms. The monoisotopic (exact) mass is 283 g/mol. The molecule has 0 amide bonds.